The van der Waals surface area contributed by atoms with Crippen LogP contribution in [0.5, 0.6) is 0 Å². The molecule has 0 aromatic heterocycles. The second-order valence-electron chi connectivity index (χ2n) is 9.25. The number of carbonyl (C=O) groups excluding carboxylic acids is 1. The van der Waals surface area contributed by atoms with Crippen LogP contribution >= 0.6 is 23.2 Å². The van der Waals surface area contributed by atoms with Crippen molar-refractivity contribution in [3.05, 3.63) is 106 Å². The van der Waals surface area contributed by atoms with Crippen LogP contribution in [0.3, 0.4) is 0 Å². The van der Waals surface area contributed by atoms with Crippen LogP contribution in [0.4, 0.5) is 4.79 Å². The van der Waals surface area contributed by atoms with Gasteiger partial charge < -0.3 is 10.1 Å². The molecule has 0 spiro atoms. The molecule has 0 aliphatic carbocycles. The van der Waals surface area contributed by atoms with Crippen molar-refractivity contribution in [3.8, 4) is 0 Å². The van der Waals surface area contributed by atoms with Gasteiger partial charge in [-0.1, -0.05) is 89.9 Å². The van der Waals surface area contributed by atoms with Crippen LogP contribution in [-0.4, -0.2) is 30.2 Å². The fourth-order valence-corrected chi connectivity index (χ4v) is 6.48. The molecule has 1 amide bonds. The predicted molar refractivity (Wildman–Crippen MR) is 136 cm³/mol. The molecule has 176 valence electrons. The first-order valence-electron chi connectivity index (χ1n) is 11.7. The van der Waals surface area contributed by atoms with Crippen molar-refractivity contribution < 1.29 is 9.53 Å². The molecule has 4 nitrogen and oxygen atoms in total. The highest BCUT2D eigenvalue weighted by Crippen LogP contribution is 2.51. The topological polar surface area (TPSA) is 41.6 Å². The highest BCUT2D eigenvalue weighted by molar-refractivity contribution is 6.32. The van der Waals surface area contributed by atoms with Gasteiger partial charge in [0.05, 0.1) is 18.7 Å². The summed E-state index contributed by atoms with van der Waals surface area (Å²) in [5.41, 5.74) is 2.75. The summed E-state index contributed by atoms with van der Waals surface area (Å²) in [6, 6.07) is 26.8. The third-order valence-electron chi connectivity index (χ3n) is 7.40. The second-order valence-corrected chi connectivity index (χ2v) is 10.1. The summed E-state index contributed by atoms with van der Waals surface area (Å²) >= 11 is 13.5. The largest absolute Gasteiger partial charge is 0.453 e. The van der Waals surface area contributed by atoms with Gasteiger partial charge in [0.25, 0.3) is 0 Å². The van der Waals surface area contributed by atoms with Crippen molar-refractivity contribution in [3.63, 3.8) is 0 Å². The predicted octanol–water partition coefficient (Wildman–Crippen LogP) is 6.96. The van der Waals surface area contributed by atoms with Gasteiger partial charge in [0.1, 0.15) is 0 Å². The lowest BCUT2D eigenvalue weighted by molar-refractivity contribution is 0.0417. The Morgan fingerprint density at radius 3 is 1.88 bits per heavy atom. The summed E-state index contributed by atoms with van der Waals surface area (Å²) in [6.07, 6.45) is 3.27. The monoisotopic (exact) mass is 494 g/mol. The number of carbonyl (C=O) groups is 1. The van der Waals surface area contributed by atoms with Gasteiger partial charge >= 0.3 is 6.09 Å². The van der Waals surface area contributed by atoms with E-state index in [1.165, 1.54) is 7.11 Å². The lowest BCUT2D eigenvalue weighted by atomic mass is 9.76. The Morgan fingerprint density at radius 1 is 0.882 bits per heavy atom. The molecule has 2 saturated heterocycles. The zero-order chi connectivity index (χ0) is 23.7. The molecule has 0 saturated carbocycles. The minimum atomic E-state index is -0.484. The van der Waals surface area contributed by atoms with Gasteiger partial charge in [-0.05, 0) is 54.5 Å². The molecule has 2 bridgehead atoms. The Balaban J connectivity index is 1.58. The van der Waals surface area contributed by atoms with Gasteiger partial charge in [0.2, 0.25) is 0 Å². The van der Waals surface area contributed by atoms with E-state index in [9.17, 15) is 4.79 Å². The van der Waals surface area contributed by atoms with Crippen molar-refractivity contribution >= 4 is 29.3 Å². The number of methoxy groups -OCH3 is 1. The summed E-state index contributed by atoms with van der Waals surface area (Å²) in [6.45, 7) is 0. The molecule has 34 heavy (non-hydrogen) atoms. The van der Waals surface area contributed by atoms with Gasteiger partial charge in [-0.15, -0.1) is 0 Å². The Labute approximate surface area is 210 Å². The van der Waals surface area contributed by atoms with Crippen LogP contribution in [0, 0.1) is 0 Å². The van der Waals surface area contributed by atoms with E-state index in [1.54, 1.807) is 0 Å². The number of hydrogen-bond donors (Lipinski definition) is 1. The molecule has 2 unspecified atom stereocenters. The maximum atomic E-state index is 12.5. The van der Waals surface area contributed by atoms with E-state index in [2.05, 4.69) is 34.5 Å². The normalized spacial score (nSPS) is 24.2. The standard InChI is InChI=1S/C28H28Cl2N2O2/c1-34-27(33)31-28(19-9-3-2-4-10-19)17-20-15-16-21(18-28)32(20)26(22-11-5-7-13-24(22)29)23-12-6-8-14-25(23)30/h2-14,20-21,26H,15-18H2,1H3,(H,31,33). The average Bonchev–Trinajstić information content (AvgIpc) is 3.12. The molecule has 3 aromatic carbocycles. The number of amides is 1. The molecule has 2 aliphatic rings. The molecule has 5 rings (SSSR count). The number of benzene rings is 3. The van der Waals surface area contributed by atoms with Crippen LogP contribution in [0.25, 0.3) is 0 Å². The van der Waals surface area contributed by atoms with E-state index < -0.39 is 11.6 Å². The third-order valence-corrected chi connectivity index (χ3v) is 8.08. The Kier molecular flexibility index (Phi) is 6.57. The number of fused-ring (bicyclic) bond motifs is 2. The van der Waals surface area contributed by atoms with Crippen LogP contribution in [0.1, 0.15) is 48.4 Å². The number of piperidine rings is 1. The first-order chi connectivity index (χ1) is 16.5. The lowest BCUT2D eigenvalue weighted by Gasteiger charge is -2.50. The molecule has 2 atom stereocenters. The first kappa shape index (κ1) is 23.2. The Bertz CT molecular complexity index is 1110. The van der Waals surface area contributed by atoms with Crippen LogP contribution in [-0.2, 0) is 10.3 Å². The van der Waals surface area contributed by atoms with Crippen molar-refractivity contribution in [1.29, 1.82) is 0 Å². The van der Waals surface area contributed by atoms with Gasteiger partial charge in [-0.25, -0.2) is 4.79 Å². The number of halogens is 2. The molecule has 2 fully saturated rings. The summed E-state index contributed by atoms with van der Waals surface area (Å²) in [5, 5.41) is 4.69. The maximum Gasteiger partial charge on any atom is 0.407 e. The van der Waals surface area contributed by atoms with Gasteiger partial charge in [0, 0.05) is 22.1 Å². The van der Waals surface area contributed by atoms with Crippen molar-refractivity contribution in [2.24, 2.45) is 0 Å². The fourth-order valence-electron chi connectivity index (χ4n) is 6.00. The molecular formula is C28H28Cl2N2O2. The zero-order valence-corrected chi connectivity index (χ0v) is 20.6. The first-order valence-corrected chi connectivity index (χ1v) is 12.5. The number of hydrogen-bond acceptors (Lipinski definition) is 3. The van der Waals surface area contributed by atoms with E-state index in [1.807, 2.05) is 54.6 Å². The smallest absolute Gasteiger partial charge is 0.407 e. The van der Waals surface area contributed by atoms with Crippen LogP contribution < -0.4 is 5.32 Å². The Morgan fingerprint density at radius 2 is 1.38 bits per heavy atom. The molecular weight excluding hydrogens is 467 g/mol. The highest BCUT2D eigenvalue weighted by Gasteiger charge is 2.52. The number of nitrogens with one attached hydrogen (secondary N) is 1. The molecule has 1 N–H and O–H groups in total. The highest BCUT2D eigenvalue weighted by atomic mass is 35.5. The molecule has 6 heteroatoms. The number of ether oxygens (including phenoxy) is 1. The zero-order valence-electron chi connectivity index (χ0n) is 19.1. The number of nitrogens with zero attached hydrogens (tertiary/aromatic N) is 1. The molecule has 2 aliphatic heterocycles. The quantitative estimate of drug-likeness (QED) is 0.416. The van der Waals surface area contributed by atoms with Crippen LogP contribution in [0.15, 0.2) is 78.9 Å². The minimum absolute atomic E-state index is 0.0631. The average molecular weight is 495 g/mol. The third kappa shape index (κ3) is 4.19. The number of rotatable bonds is 5. The van der Waals surface area contributed by atoms with Crippen molar-refractivity contribution in [2.45, 2.75) is 49.3 Å². The van der Waals surface area contributed by atoms with E-state index in [4.69, 9.17) is 27.9 Å². The van der Waals surface area contributed by atoms with E-state index in [0.29, 0.717) is 0 Å². The van der Waals surface area contributed by atoms with Gasteiger partial charge in [0.15, 0.2) is 0 Å². The SMILES string of the molecule is COC(=O)NC1(c2ccccc2)CC2CCC(C1)N2C(c1ccccc1Cl)c1ccccc1Cl. The molecule has 0 radical (unpaired) electrons. The minimum Gasteiger partial charge on any atom is -0.453 e. The van der Waals surface area contributed by atoms with Crippen molar-refractivity contribution in [1.82, 2.24) is 10.2 Å². The van der Waals surface area contributed by atoms with E-state index in [0.717, 1.165) is 52.4 Å². The molecule has 2 heterocycles. The summed E-state index contributed by atoms with van der Waals surface area (Å²) in [4.78, 5) is 15.0. The molecule has 3 aromatic rings. The summed E-state index contributed by atoms with van der Waals surface area (Å²) in [5.74, 6) is 0. The summed E-state index contributed by atoms with van der Waals surface area (Å²) in [7, 11) is 1.42. The number of alkyl carbamates (subject to hydrolysis) is 1. The fraction of sp³-hybridized carbons (Fsp3) is 0.321. The van der Waals surface area contributed by atoms with Gasteiger partial charge in [-0.2, -0.15) is 0 Å². The van der Waals surface area contributed by atoms with E-state index in [-0.39, 0.29) is 18.1 Å². The maximum absolute atomic E-state index is 12.5. The van der Waals surface area contributed by atoms with E-state index >= 15 is 0 Å². The van der Waals surface area contributed by atoms with Crippen LogP contribution in [0.2, 0.25) is 10.0 Å². The lowest BCUT2D eigenvalue weighted by Crippen LogP contribution is -2.57. The summed E-state index contributed by atoms with van der Waals surface area (Å²) < 4.78 is 5.04. The van der Waals surface area contributed by atoms with Gasteiger partial charge in [-0.3, -0.25) is 4.90 Å². The Hall–Kier alpha value is -2.53. The second kappa shape index (κ2) is 9.61. The van der Waals surface area contributed by atoms with Crippen molar-refractivity contribution in [2.75, 3.05) is 7.11 Å².